The van der Waals surface area contributed by atoms with Crippen molar-refractivity contribution in [3.8, 4) is 6.07 Å². The molecule has 0 bridgehead atoms. The van der Waals surface area contributed by atoms with Crippen molar-refractivity contribution >= 4 is 33.5 Å². The molecule has 10 heteroatoms. The number of nitrogens with zero attached hydrogens (tertiary/aromatic N) is 1. The van der Waals surface area contributed by atoms with Gasteiger partial charge in [0.15, 0.2) is 6.61 Å². The largest absolute Gasteiger partial charge is 0.452 e. The van der Waals surface area contributed by atoms with Crippen molar-refractivity contribution in [1.29, 1.82) is 5.26 Å². The Hall–Kier alpha value is -2.15. The number of halogens is 1. The number of carbonyl (C=O) groups is 2. The van der Waals surface area contributed by atoms with Gasteiger partial charge in [0.25, 0.3) is 5.91 Å². The molecule has 1 fully saturated rings. The van der Waals surface area contributed by atoms with Crippen molar-refractivity contribution in [1.82, 2.24) is 10.0 Å². The molecule has 1 aliphatic rings. The number of amides is 1. The van der Waals surface area contributed by atoms with Crippen LogP contribution < -0.4 is 10.0 Å². The Balaban J connectivity index is 2.04. The maximum absolute atomic E-state index is 12.2. The summed E-state index contributed by atoms with van der Waals surface area (Å²) in [6.45, 7) is -0.596. The molecule has 8 nitrogen and oxygen atoms in total. The molecule has 0 unspecified atom stereocenters. The van der Waals surface area contributed by atoms with Crippen molar-refractivity contribution in [3.63, 3.8) is 0 Å². The number of carbonyl (C=O) groups excluding carboxylic acids is 2. The molecule has 1 aliphatic carbocycles. The molecule has 0 saturated heterocycles. The molecule has 0 heterocycles. The topological polar surface area (TPSA) is 125 Å². The van der Waals surface area contributed by atoms with Crippen LogP contribution in [-0.2, 0) is 19.6 Å². The molecule has 0 aromatic heterocycles. The second-order valence-electron chi connectivity index (χ2n) is 6.23. The highest BCUT2D eigenvalue weighted by molar-refractivity contribution is 7.89. The predicted molar refractivity (Wildman–Crippen MR) is 97.6 cm³/mol. The van der Waals surface area contributed by atoms with Gasteiger partial charge in [-0.2, -0.15) is 5.26 Å². The Labute approximate surface area is 162 Å². The predicted octanol–water partition coefficient (Wildman–Crippen LogP) is 1.75. The maximum Gasteiger partial charge on any atom is 0.340 e. The number of esters is 1. The lowest BCUT2D eigenvalue weighted by atomic mass is 9.83. The summed E-state index contributed by atoms with van der Waals surface area (Å²) in [7, 11) is -2.53. The van der Waals surface area contributed by atoms with Crippen LogP contribution in [0.15, 0.2) is 23.1 Å². The summed E-state index contributed by atoms with van der Waals surface area (Å²) in [5, 5.41) is 12.0. The molecule has 2 rings (SSSR count). The molecule has 1 saturated carbocycles. The lowest BCUT2D eigenvalue weighted by molar-refractivity contribution is -0.125. The van der Waals surface area contributed by atoms with Gasteiger partial charge in [-0.1, -0.05) is 30.9 Å². The zero-order valence-electron chi connectivity index (χ0n) is 14.7. The van der Waals surface area contributed by atoms with E-state index in [-0.39, 0.29) is 15.5 Å². The summed E-state index contributed by atoms with van der Waals surface area (Å²) in [4.78, 5) is 24.1. The molecular formula is C17H20ClN3O5S. The van der Waals surface area contributed by atoms with E-state index in [9.17, 15) is 23.3 Å². The van der Waals surface area contributed by atoms with E-state index in [1.807, 2.05) is 0 Å². The zero-order valence-corrected chi connectivity index (χ0v) is 16.3. The van der Waals surface area contributed by atoms with Gasteiger partial charge in [-0.05, 0) is 38.1 Å². The summed E-state index contributed by atoms with van der Waals surface area (Å²) < 4.78 is 30.8. The zero-order chi connectivity index (χ0) is 20.1. The molecular weight excluding hydrogens is 394 g/mol. The number of hydrogen-bond acceptors (Lipinski definition) is 6. The summed E-state index contributed by atoms with van der Waals surface area (Å²) in [6, 6.07) is 5.72. The Morgan fingerprint density at radius 3 is 2.56 bits per heavy atom. The molecule has 1 amide bonds. The quantitative estimate of drug-likeness (QED) is 0.684. The van der Waals surface area contributed by atoms with Gasteiger partial charge in [-0.25, -0.2) is 17.9 Å². The Morgan fingerprint density at radius 2 is 1.96 bits per heavy atom. The van der Waals surface area contributed by atoms with Crippen molar-refractivity contribution in [2.45, 2.75) is 42.5 Å². The SMILES string of the molecule is CNS(=O)(=O)c1ccc(Cl)c(C(=O)OCC(=O)NC2(C#N)CCCCC2)c1. The normalized spacial score (nSPS) is 16.2. The molecule has 27 heavy (non-hydrogen) atoms. The highest BCUT2D eigenvalue weighted by Gasteiger charge is 2.33. The Bertz CT molecular complexity index is 873. The third-order valence-electron chi connectivity index (χ3n) is 4.37. The van der Waals surface area contributed by atoms with Crippen LogP contribution in [0.5, 0.6) is 0 Å². The van der Waals surface area contributed by atoms with Gasteiger partial charge in [0.2, 0.25) is 10.0 Å². The van der Waals surface area contributed by atoms with Gasteiger partial charge in [0, 0.05) is 0 Å². The van der Waals surface area contributed by atoms with E-state index in [1.165, 1.54) is 19.2 Å². The van der Waals surface area contributed by atoms with Gasteiger partial charge in [0.1, 0.15) is 5.54 Å². The first-order valence-corrected chi connectivity index (χ1v) is 10.2. The molecule has 0 atom stereocenters. The van der Waals surface area contributed by atoms with E-state index in [0.717, 1.165) is 25.3 Å². The van der Waals surface area contributed by atoms with Crippen LogP contribution in [0, 0.1) is 11.3 Å². The molecule has 0 radical (unpaired) electrons. The monoisotopic (exact) mass is 413 g/mol. The average molecular weight is 414 g/mol. The molecule has 146 valence electrons. The van der Waals surface area contributed by atoms with E-state index in [2.05, 4.69) is 16.1 Å². The number of sulfonamides is 1. The molecule has 2 N–H and O–H groups in total. The first kappa shape index (κ1) is 21.2. The molecule has 0 spiro atoms. The van der Waals surface area contributed by atoms with Crippen molar-refractivity contribution < 1.29 is 22.7 Å². The number of nitriles is 1. The smallest absolute Gasteiger partial charge is 0.340 e. The third-order valence-corrected chi connectivity index (χ3v) is 6.11. The first-order chi connectivity index (χ1) is 12.7. The minimum atomic E-state index is -3.76. The standard InChI is InChI=1S/C17H20ClN3O5S/c1-20-27(24,25)12-5-6-14(18)13(9-12)16(23)26-10-15(22)21-17(11-19)7-3-2-4-8-17/h5-6,9,20H,2-4,7-8,10H2,1H3,(H,21,22). The summed E-state index contributed by atoms with van der Waals surface area (Å²) in [5.74, 6) is -1.53. The highest BCUT2D eigenvalue weighted by Crippen LogP contribution is 2.27. The molecule has 1 aromatic carbocycles. The fourth-order valence-corrected chi connectivity index (χ4v) is 3.83. The molecule has 1 aromatic rings. The minimum Gasteiger partial charge on any atom is -0.452 e. The summed E-state index contributed by atoms with van der Waals surface area (Å²) >= 11 is 5.94. The van der Waals surface area contributed by atoms with E-state index in [0.29, 0.717) is 12.8 Å². The van der Waals surface area contributed by atoms with Crippen molar-refractivity contribution in [2.75, 3.05) is 13.7 Å². The lowest BCUT2D eigenvalue weighted by Crippen LogP contribution is -2.50. The summed E-state index contributed by atoms with van der Waals surface area (Å²) in [5.41, 5.74) is -1.10. The fraction of sp³-hybridized carbons (Fsp3) is 0.471. The van der Waals surface area contributed by atoms with E-state index < -0.39 is 34.0 Å². The van der Waals surface area contributed by atoms with Crippen LogP contribution in [0.1, 0.15) is 42.5 Å². The summed E-state index contributed by atoms with van der Waals surface area (Å²) in [6.07, 6.45) is 3.81. The van der Waals surface area contributed by atoms with E-state index >= 15 is 0 Å². The Kier molecular flexibility index (Phi) is 6.81. The van der Waals surface area contributed by atoms with Crippen LogP contribution in [0.2, 0.25) is 5.02 Å². The van der Waals surface area contributed by atoms with Gasteiger partial charge in [-0.15, -0.1) is 0 Å². The van der Waals surface area contributed by atoms with Gasteiger partial charge in [-0.3, -0.25) is 4.79 Å². The van der Waals surface area contributed by atoms with Crippen molar-refractivity contribution in [2.24, 2.45) is 0 Å². The number of ether oxygens (including phenoxy) is 1. The highest BCUT2D eigenvalue weighted by atomic mass is 35.5. The van der Waals surface area contributed by atoms with Crippen molar-refractivity contribution in [3.05, 3.63) is 28.8 Å². The first-order valence-electron chi connectivity index (χ1n) is 8.35. The number of rotatable bonds is 6. The van der Waals surface area contributed by atoms with Crippen LogP contribution in [0.4, 0.5) is 0 Å². The second kappa shape index (κ2) is 8.69. The van der Waals surface area contributed by atoms with Gasteiger partial charge >= 0.3 is 5.97 Å². The minimum absolute atomic E-state index is 0.00348. The van der Waals surface area contributed by atoms with Crippen LogP contribution in [-0.4, -0.2) is 39.5 Å². The number of hydrogen-bond donors (Lipinski definition) is 2. The number of benzene rings is 1. The Morgan fingerprint density at radius 1 is 1.30 bits per heavy atom. The van der Waals surface area contributed by atoms with Crippen LogP contribution in [0.25, 0.3) is 0 Å². The van der Waals surface area contributed by atoms with E-state index in [1.54, 1.807) is 0 Å². The van der Waals surface area contributed by atoms with Crippen LogP contribution >= 0.6 is 11.6 Å². The van der Waals surface area contributed by atoms with Crippen LogP contribution in [0.3, 0.4) is 0 Å². The molecule has 0 aliphatic heterocycles. The third kappa shape index (κ3) is 5.19. The van der Waals surface area contributed by atoms with Gasteiger partial charge in [0.05, 0.1) is 21.6 Å². The number of nitrogens with one attached hydrogen (secondary N) is 2. The lowest BCUT2D eigenvalue weighted by Gasteiger charge is -2.31. The van der Waals surface area contributed by atoms with Gasteiger partial charge < -0.3 is 10.1 Å². The maximum atomic E-state index is 12.2. The fourth-order valence-electron chi connectivity index (χ4n) is 2.88. The second-order valence-corrected chi connectivity index (χ2v) is 8.52. The van der Waals surface area contributed by atoms with E-state index in [4.69, 9.17) is 16.3 Å². The average Bonchev–Trinajstić information content (AvgIpc) is 2.67.